The van der Waals surface area contributed by atoms with E-state index in [1.54, 1.807) is 12.1 Å². The lowest BCUT2D eigenvalue weighted by atomic mass is 9.83. The molecule has 0 spiro atoms. The number of carbonyl (C=O) groups excluding carboxylic acids is 1. The molecule has 16 heavy (non-hydrogen) atoms. The summed E-state index contributed by atoms with van der Waals surface area (Å²) in [7, 11) is 0. The molecule has 0 aliphatic heterocycles. The molecule has 1 atom stereocenters. The fraction of sp³-hybridized carbons (Fsp3) is 0.462. The van der Waals surface area contributed by atoms with E-state index in [9.17, 15) is 9.18 Å². The minimum atomic E-state index is -0.478. The van der Waals surface area contributed by atoms with Gasteiger partial charge in [0.05, 0.1) is 5.56 Å². The minimum Gasteiger partial charge on any atom is -0.327 e. The molecule has 88 valence electrons. The zero-order valence-corrected chi connectivity index (χ0v) is 9.96. The summed E-state index contributed by atoms with van der Waals surface area (Å²) in [5.41, 5.74) is 5.87. The molecule has 0 heterocycles. The number of nitrogens with two attached hydrogens (primary N) is 1. The number of rotatable bonds is 3. The lowest BCUT2D eigenvalue weighted by Crippen LogP contribution is -2.37. The minimum absolute atomic E-state index is 0.127. The van der Waals surface area contributed by atoms with Gasteiger partial charge in [-0.3, -0.25) is 4.79 Å². The summed E-state index contributed by atoms with van der Waals surface area (Å²) in [4.78, 5) is 11.8. The molecule has 2 N–H and O–H groups in total. The Labute approximate surface area is 95.7 Å². The maximum Gasteiger partial charge on any atom is 0.167 e. The summed E-state index contributed by atoms with van der Waals surface area (Å²) < 4.78 is 13.3. The van der Waals surface area contributed by atoms with Crippen molar-refractivity contribution in [2.75, 3.05) is 0 Å². The Morgan fingerprint density at radius 1 is 1.38 bits per heavy atom. The second-order valence-corrected chi connectivity index (χ2v) is 5.08. The van der Waals surface area contributed by atoms with E-state index < -0.39 is 5.82 Å². The molecule has 1 unspecified atom stereocenters. The highest BCUT2D eigenvalue weighted by atomic mass is 19.1. The Kier molecular flexibility index (Phi) is 3.81. The van der Waals surface area contributed by atoms with E-state index in [-0.39, 0.29) is 29.2 Å². The zero-order valence-electron chi connectivity index (χ0n) is 9.96. The normalized spacial score (nSPS) is 13.6. The lowest BCUT2D eigenvalue weighted by Gasteiger charge is -2.26. The number of carbonyl (C=O) groups is 1. The van der Waals surface area contributed by atoms with E-state index in [1.165, 1.54) is 12.1 Å². The van der Waals surface area contributed by atoms with Crippen molar-refractivity contribution in [1.82, 2.24) is 0 Å². The van der Waals surface area contributed by atoms with Gasteiger partial charge in [-0.25, -0.2) is 4.39 Å². The molecule has 1 aromatic carbocycles. The monoisotopic (exact) mass is 223 g/mol. The topological polar surface area (TPSA) is 43.1 Å². The van der Waals surface area contributed by atoms with Crippen molar-refractivity contribution in [3.05, 3.63) is 35.6 Å². The van der Waals surface area contributed by atoms with Crippen LogP contribution in [0, 0.1) is 11.2 Å². The SMILES string of the molecule is CC(C)(C)C(N)CC(=O)c1ccccc1F. The Balaban J connectivity index is 2.78. The van der Waals surface area contributed by atoms with Crippen molar-refractivity contribution < 1.29 is 9.18 Å². The molecule has 1 aromatic rings. The number of benzene rings is 1. The van der Waals surface area contributed by atoms with Crippen LogP contribution in [0.25, 0.3) is 0 Å². The highest BCUT2D eigenvalue weighted by molar-refractivity contribution is 5.96. The summed E-state index contributed by atoms with van der Waals surface area (Å²) in [6.07, 6.45) is 0.171. The average Bonchev–Trinajstić information content (AvgIpc) is 2.16. The Morgan fingerprint density at radius 2 is 1.94 bits per heavy atom. The Morgan fingerprint density at radius 3 is 2.44 bits per heavy atom. The van der Waals surface area contributed by atoms with Crippen LogP contribution in [-0.4, -0.2) is 11.8 Å². The first kappa shape index (κ1) is 12.8. The van der Waals surface area contributed by atoms with E-state index in [0.29, 0.717) is 0 Å². The van der Waals surface area contributed by atoms with Crippen LogP contribution >= 0.6 is 0 Å². The highest BCUT2D eigenvalue weighted by Gasteiger charge is 2.24. The lowest BCUT2D eigenvalue weighted by molar-refractivity contribution is 0.0949. The first-order valence-corrected chi connectivity index (χ1v) is 5.35. The fourth-order valence-corrected chi connectivity index (χ4v) is 1.30. The number of ketones is 1. The molecule has 2 nitrogen and oxygen atoms in total. The van der Waals surface area contributed by atoms with Crippen molar-refractivity contribution >= 4 is 5.78 Å². The van der Waals surface area contributed by atoms with Crippen LogP contribution in [0.15, 0.2) is 24.3 Å². The second-order valence-electron chi connectivity index (χ2n) is 5.08. The third-order valence-corrected chi connectivity index (χ3v) is 2.69. The number of halogens is 1. The fourth-order valence-electron chi connectivity index (χ4n) is 1.30. The molecule has 0 aliphatic carbocycles. The van der Waals surface area contributed by atoms with Gasteiger partial charge in [0.15, 0.2) is 5.78 Å². The van der Waals surface area contributed by atoms with Gasteiger partial charge in [0.1, 0.15) is 5.82 Å². The molecule has 0 radical (unpaired) electrons. The first-order valence-electron chi connectivity index (χ1n) is 5.35. The molecule has 3 heteroatoms. The van der Waals surface area contributed by atoms with E-state index in [0.717, 1.165) is 0 Å². The van der Waals surface area contributed by atoms with Crippen LogP contribution in [0.3, 0.4) is 0 Å². The molecule has 0 saturated carbocycles. The van der Waals surface area contributed by atoms with Crippen molar-refractivity contribution in [3.8, 4) is 0 Å². The van der Waals surface area contributed by atoms with Crippen molar-refractivity contribution in [1.29, 1.82) is 0 Å². The smallest absolute Gasteiger partial charge is 0.167 e. The van der Waals surface area contributed by atoms with Gasteiger partial charge in [-0.1, -0.05) is 32.9 Å². The van der Waals surface area contributed by atoms with Crippen LogP contribution < -0.4 is 5.73 Å². The highest BCUT2D eigenvalue weighted by Crippen LogP contribution is 2.21. The summed E-state index contributed by atoms with van der Waals surface area (Å²) in [5, 5.41) is 0. The van der Waals surface area contributed by atoms with Crippen LogP contribution in [0.2, 0.25) is 0 Å². The first-order chi connectivity index (χ1) is 7.32. The average molecular weight is 223 g/mol. The van der Waals surface area contributed by atoms with Crippen LogP contribution in [-0.2, 0) is 0 Å². The standard InChI is InChI=1S/C13H18FNO/c1-13(2,3)12(15)8-11(16)9-6-4-5-7-10(9)14/h4-7,12H,8,15H2,1-3H3. The van der Waals surface area contributed by atoms with Crippen LogP contribution in [0.4, 0.5) is 4.39 Å². The van der Waals surface area contributed by atoms with Crippen LogP contribution in [0.5, 0.6) is 0 Å². The van der Waals surface area contributed by atoms with Gasteiger partial charge in [-0.05, 0) is 17.5 Å². The molecule has 0 aromatic heterocycles. The van der Waals surface area contributed by atoms with E-state index in [2.05, 4.69) is 0 Å². The number of Topliss-reactive ketones (excluding diaryl/α,β-unsaturated/α-hetero) is 1. The Bertz CT molecular complexity index is 382. The maximum absolute atomic E-state index is 13.3. The molecule has 0 amide bonds. The third kappa shape index (κ3) is 3.14. The van der Waals surface area contributed by atoms with Crippen molar-refractivity contribution in [2.24, 2.45) is 11.1 Å². The maximum atomic E-state index is 13.3. The molecular formula is C13H18FNO. The summed E-state index contributed by atoms with van der Waals surface area (Å²) in [5.74, 6) is -0.714. The van der Waals surface area contributed by atoms with Crippen molar-refractivity contribution in [2.45, 2.75) is 33.2 Å². The van der Waals surface area contributed by atoms with Gasteiger partial charge in [-0.15, -0.1) is 0 Å². The van der Waals surface area contributed by atoms with Gasteiger partial charge in [0, 0.05) is 12.5 Å². The molecule has 0 saturated heterocycles. The summed E-state index contributed by atoms with van der Waals surface area (Å²) >= 11 is 0. The largest absolute Gasteiger partial charge is 0.327 e. The van der Waals surface area contributed by atoms with Gasteiger partial charge in [-0.2, -0.15) is 0 Å². The molecular weight excluding hydrogens is 205 g/mol. The summed E-state index contributed by atoms with van der Waals surface area (Å²) in [6.45, 7) is 5.89. The van der Waals surface area contributed by atoms with E-state index in [4.69, 9.17) is 5.73 Å². The zero-order chi connectivity index (χ0) is 12.3. The molecule has 0 fully saturated rings. The van der Waals surface area contributed by atoms with Crippen LogP contribution in [0.1, 0.15) is 37.6 Å². The number of hydrogen-bond acceptors (Lipinski definition) is 2. The summed E-state index contributed by atoms with van der Waals surface area (Å²) in [6, 6.07) is 5.73. The van der Waals surface area contributed by atoms with Gasteiger partial charge in [0.2, 0.25) is 0 Å². The van der Waals surface area contributed by atoms with Gasteiger partial charge >= 0.3 is 0 Å². The Hall–Kier alpha value is -1.22. The predicted molar refractivity (Wildman–Crippen MR) is 62.8 cm³/mol. The molecule has 0 aliphatic rings. The predicted octanol–water partition coefficient (Wildman–Crippen LogP) is 2.77. The quantitative estimate of drug-likeness (QED) is 0.801. The second kappa shape index (κ2) is 4.74. The van der Waals surface area contributed by atoms with E-state index >= 15 is 0 Å². The number of hydrogen-bond donors (Lipinski definition) is 1. The van der Waals surface area contributed by atoms with Crippen molar-refractivity contribution in [3.63, 3.8) is 0 Å². The van der Waals surface area contributed by atoms with Gasteiger partial charge in [0.25, 0.3) is 0 Å². The molecule has 0 bridgehead atoms. The molecule has 1 rings (SSSR count). The van der Waals surface area contributed by atoms with Gasteiger partial charge < -0.3 is 5.73 Å². The third-order valence-electron chi connectivity index (χ3n) is 2.69. The van der Waals surface area contributed by atoms with E-state index in [1.807, 2.05) is 20.8 Å².